The van der Waals surface area contributed by atoms with Crippen LogP contribution in [-0.4, -0.2) is 48.0 Å². The van der Waals surface area contributed by atoms with Crippen molar-refractivity contribution >= 4 is 24.2 Å². The highest BCUT2D eigenvalue weighted by atomic mass is 35.5. The van der Waals surface area contributed by atoms with Crippen molar-refractivity contribution in [2.45, 2.75) is 24.3 Å². The van der Waals surface area contributed by atoms with Crippen molar-refractivity contribution in [2.24, 2.45) is 5.73 Å². The van der Waals surface area contributed by atoms with Crippen LogP contribution in [0.25, 0.3) is 0 Å². The highest BCUT2D eigenvalue weighted by Gasteiger charge is 2.07. The molecule has 0 aliphatic rings. The molecule has 0 saturated carbocycles. The van der Waals surface area contributed by atoms with Crippen LogP contribution in [0.1, 0.15) is 13.3 Å². The van der Waals surface area contributed by atoms with Gasteiger partial charge in [-0.2, -0.15) is 0 Å². The van der Waals surface area contributed by atoms with E-state index < -0.39 is 0 Å². The van der Waals surface area contributed by atoms with Crippen molar-refractivity contribution in [1.82, 2.24) is 4.90 Å². The summed E-state index contributed by atoms with van der Waals surface area (Å²) >= 11 is 1.81. The molecule has 0 saturated heterocycles. The molecule has 0 fully saturated rings. The second kappa shape index (κ2) is 11.6. The predicted octanol–water partition coefficient (Wildman–Crippen LogP) is 2.23. The van der Waals surface area contributed by atoms with E-state index in [9.17, 15) is 0 Å². The van der Waals surface area contributed by atoms with Crippen LogP contribution < -0.4 is 5.73 Å². The zero-order chi connectivity index (χ0) is 13.2. The maximum Gasteiger partial charge on any atom is 0.0558 e. The molecule has 5 heteroatoms. The second-order valence-electron chi connectivity index (χ2n) is 4.33. The highest BCUT2D eigenvalue weighted by Crippen LogP contribution is 2.18. The molecule has 3 nitrogen and oxygen atoms in total. The Bertz CT molecular complexity index is 314. The number of halogens is 1. The maximum absolute atomic E-state index is 8.91. The van der Waals surface area contributed by atoms with Crippen molar-refractivity contribution in [2.75, 3.05) is 32.0 Å². The number of benzene rings is 1. The van der Waals surface area contributed by atoms with E-state index in [0.717, 1.165) is 31.8 Å². The number of aliphatic hydroxyl groups excluding tert-OH is 1. The van der Waals surface area contributed by atoms with Gasteiger partial charge in [-0.05, 0) is 31.6 Å². The standard InChI is InChI=1S/C14H24N2OS.ClH/c1-2-16(10-11-17)9-8-13(15)12-18-14-6-4-3-5-7-14;/h3-7,13,17H,2,8-12,15H2,1H3;1H/t13-;/m1./s1. The Hall–Kier alpha value is -0.260. The largest absolute Gasteiger partial charge is 0.395 e. The van der Waals surface area contributed by atoms with E-state index in [-0.39, 0.29) is 25.1 Å². The fourth-order valence-corrected chi connectivity index (χ4v) is 2.64. The Kier molecular flexibility index (Phi) is 11.4. The summed E-state index contributed by atoms with van der Waals surface area (Å²) in [5.74, 6) is 0.945. The number of hydrogen-bond donors (Lipinski definition) is 2. The molecule has 0 aliphatic heterocycles. The summed E-state index contributed by atoms with van der Waals surface area (Å²) in [7, 11) is 0. The zero-order valence-electron chi connectivity index (χ0n) is 11.5. The van der Waals surface area contributed by atoms with Gasteiger partial charge < -0.3 is 15.7 Å². The summed E-state index contributed by atoms with van der Waals surface area (Å²) in [5, 5.41) is 8.91. The van der Waals surface area contributed by atoms with Gasteiger partial charge in [-0.25, -0.2) is 0 Å². The topological polar surface area (TPSA) is 49.5 Å². The first-order valence-electron chi connectivity index (χ1n) is 6.53. The Morgan fingerprint density at radius 3 is 2.53 bits per heavy atom. The highest BCUT2D eigenvalue weighted by molar-refractivity contribution is 7.99. The molecule has 0 heterocycles. The fourth-order valence-electron chi connectivity index (χ4n) is 1.72. The number of likely N-dealkylation sites (N-methyl/N-ethyl adjacent to an activating group) is 1. The van der Waals surface area contributed by atoms with Crippen LogP contribution in [0.15, 0.2) is 35.2 Å². The van der Waals surface area contributed by atoms with Gasteiger partial charge in [0, 0.05) is 23.2 Å². The van der Waals surface area contributed by atoms with Crippen molar-refractivity contribution in [3.63, 3.8) is 0 Å². The Morgan fingerprint density at radius 1 is 1.26 bits per heavy atom. The monoisotopic (exact) mass is 304 g/mol. The molecule has 1 aromatic carbocycles. The molecule has 0 aromatic heterocycles. The van der Waals surface area contributed by atoms with E-state index in [2.05, 4.69) is 24.0 Å². The average molecular weight is 305 g/mol. The van der Waals surface area contributed by atoms with Crippen LogP contribution in [0.5, 0.6) is 0 Å². The summed E-state index contributed by atoms with van der Waals surface area (Å²) in [6, 6.07) is 10.6. The SMILES string of the molecule is CCN(CCO)CC[C@@H](N)CSc1ccccc1.Cl. The van der Waals surface area contributed by atoms with Gasteiger partial charge in [0.25, 0.3) is 0 Å². The van der Waals surface area contributed by atoms with Gasteiger partial charge in [0.15, 0.2) is 0 Å². The molecule has 3 N–H and O–H groups in total. The minimum absolute atomic E-state index is 0. The summed E-state index contributed by atoms with van der Waals surface area (Å²) in [5.41, 5.74) is 6.11. The molecule has 0 unspecified atom stereocenters. The smallest absolute Gasteiger partial charge is 0.0558 e. The van der Waals surface area contributed by atoms with E-state index in [0.29, 0.717) is 0 Å². The summed E-state index contributed by atoms with van der Waals surface area (Å²) in [4.78, 5) is 3.50. The zero-order valence-corrected chi connectivity index (χ0v) is 13.1. The van der Waals surface area contributed by atoms with Gasteiger partial charge in [0.2, 0.25) is 0 Å². The summed E-state index contributed by atoms with van der Waals surface area (Å²) < 4.78 is 0. The molecule has 19 heavy (non-hydrogen) atoms. The van der Waals surface area contributed by atoms with E-state index >= 15 is 0 Å². The van der Waals surface area contributed by atoms with E-state index in [4.69, 9.17) is 10.8 Å². The van der Waals surface area contributed by atoms with Gasteiger partial charge in [-0.1, -0.05) is 25.1 Å². The molecule has 110 valence electrons. The molecule has 0 radical (unpaired) electrons. The Labute approximate surface area is 127 Å². The lowest BCUT2D eigenvalue weighted by Gasteiger charge is -2.21. The number of hydrogen-bond acceptors (Lipinski definition) is 4. The van der Waals surface area contributed by atoms with Crippen LogP contribution in [-0.2, 0) is 0 Å². The van der Waals surface area contributed by atoms with E-state index in [1.807, 2.05) is 30.0 Å². The first kappa shape index (κ1) is 18.7. The summed E-state index contributed by atoms with van der Waals surface area (Å²) in [6.45, 7) is 5.02. The third-order valence-corrected chi connectivity index (χ3v) is 4.09. The van der Waals surface area contributed by atoms with Crippen LogP contribution in [0, 0.1) is 0 Å². The van der Waals surface area contributed by atoms with Crippen molar-refractivity contribution < 1.29 is 5.11 Å². The summed E-state index contributed by atoms with van der Waals surface area (Å²) in [6.07, 6.45) is 0.980. The predicted molar refractivity (Wildman–Crippen MR) is 86.2 cm³/mol. The molecule has 0 bridgehead atoms. The number of thioether (sulfide) groups is 1. The van der Waals surface area contributed by atoms with Crippen molar-refractivity contribution in [3.8, 4) is 0 Å². The van der Waals surface area contributed by atoms with E-state index in [1.165, 1.54) is 4.90 Å². The van der Waals surface area contributed by atoms with Gasteiger partial charge in [0.1, 0.15) is 0 Å². The lowest BCUT2D eigenvalue weighted by molar-refractivity contribution is 0.198. The fraction of sp³-hybridized carbons (Fsp3) is 0.571. The van der Waals surface area contributed by atoms with Crippen molar-refractivity contribution in [3.05, 3.63) is 30.3 Å². The number of rotatable bonds is 9. The second-order valence-corrected chi connectivity index (χ2v) is 5.42. The first-order chi connectivity index (χ1) is 8.76. The number of nitrogens with two attached hydrogens (primary N) is 1. The number of nitrogens with zero attached hydrogens (tertiary/aromatic N) is 1. The first-order valence-corrected chi connectivity index (χ1v) is 7.51. The minimum atomic E-state index is 0. The van der Waals surface area contributed by atoms with E-state index in [1.54, 1.807) is 0 Å². The van der Waals surface area contributed by atoms with Gasteiger partial charge in [0.05, 0.1) is 6.61 Å². The third-order valence-electron chi connectivity index (χ3n) is 2.89. The minimum Gasteiger partial charge on any atom is -0.395 e. The molecule has 0 spiro atoms. The molecule has 1 atom stereocenters. The van der Waals surface area contributed by atoms with Crippen LogP contribution in [0.4, 0.5) is 0 Å². The average Bonchev–Trinajstić information content (AvgIpc) is 2.42. The van der Waals surface area contributed by atoms with Gasteiger partial charge in [-0.15, -0.1) is 24.2 Å². The molecule has 0 amide bonds. The quantitative estimate of drug-likeness (QED) is 0.687. The van der Waals surface area contributed by atoms with Gasteiger partial charge >= 0.3 is 0 Å². The number of aliphatic hydroxyl groups is 1. The maximum atomic E-state index is 8.91. The normalized spacial score (nSPS) is 12.2. The molecular weight excluding hydrogens is 280 g/mol. The third kappa shape index (κ3) is 8.50. The lowest BCUT2D eigenvalue weighted by Crippen LogP contribution is -2.33. The van der Waals surface area contributed by atoms with Crippen LogP contribution >= 0.6 is 24.2 Å². The molecule has 0 aliphatic carbocycles. The van der Waals surface area contributed by atoms with Crippen molar-refractivity contribution in [1.29, 1.82) is 0 Å². The lowest BCUT2D eigenvalue weighted by atomic mass is 10.2. The molecule has 1 rings (SSSR count). The molecule has 1 aromatic rings. The Balaban J connectivity index is 0.00000324. The van der Waals surface area contributed by atoms with Crippen LogP contribution in [0.3, 0.4) is 0 Å². The Morgan fingerprint density at radius 2 is 1.95 bits per heavy atom. The van der Waals surface area contributed by atoms with Gasteiger partial charge in [-0.3, -0.25) is 0 Å². The van der Waals surface area contributed by atoms with Crippen LogP contribution in [0.2, 0.25) is 0 Å². The molecular formula is C14H25ClN2OS.